The summed E-state index contributed by atoms with van der Waals surface area (Å²) in [7, 11) is 0. The molecule has 2 N–H and O–H groups in total. The Kier molecular flexibility index (Phi) is 4.08. The predicted molar refractivity (Wildman–Crippen MR) is 102 cm³/mol. The van der Waals surface area contributed by atoms with Crippen LogP contribution in [0.15, 0.2) is 42.7 Å². The van der Waals surface area contributed by atoms with Crippen LogP contribution in [0.3, 0.4) is 0 Å². The monoisotopic (exact) mass is 348 g/mol. The normalized spacial score (nSPS) is 12.1. The third-order valence-electron chi connectivity index (χ3n) is 4.24. The molecule has 0 amide bonds. The van der Waals surface area contributed by atoms with Crippen molar-refractivity contribution in [2.45, 2.75) is 20.8 Å². The number of rotatable bonds is 4. The SMILES string of the molecule is Cc1cc(C)c(Nc2cc(Nc3ccc4c(c3)OCO4)ncn2)c(C)c1. The summed E-state index contributed by atoms with van der Waals surface area (Å²) in [6.45, 7) is 6.54. The Morgan fingerprint density at radius 1 is 0.808 bits per heavy atom. The third kappa shape index (κ3) is 3.26. The van der Waals surface area contributed by atoms with Gasteiger partial charge < -0.3 is 20.1 Å². The fourth-order valence-electron chi connectivity index (χ4n) is 3.12. The number of aromatic nitrogens is 2. The van der Waals surface area contributed by atoms with Gasteiger partial charge in [0, 0.05) is 23.5 Å². The Morgan fingerprint density at radius 2 is 1.50 bits per heavy atom. The molecule has 6 heteroatoms. The highest BCUT2D eigenvalue weighted by molar-refractivity contribution is 5.68. The van der Waals surface area contributed by atoms with Crippen LogP contribution in [-0.2, 0) is 0 Å². The minimum Gasteiger partial charge on any atom is -0.454 e. The number of fused-ring (bicyclic) bond motifs is 1. The molecule has 0 fully saturated rings. The standard InChI is InChI=1S/C20H20N4O2/c1-12-6-13(2)20(14(3)7-12)24-19-9-18(21-10-22-19)23-15-4-5-16-17(8-15)26-11-25-16/h4-10H,11H2,1-3H3,(H2,21,22,23,24). The summed E-state index contributed by atoms with van der Waals surface area (Å²) in [5.74, 6) is 2.92. The summed E-state index contributed by atoms with van der Waals surface area (Å²) in [6.07, 6.45) is 1.54. The second kappa shape index (κ2) is 6.55. The van der Waals surface area contributed by atoms with Gasteiger partial charge in [0.2, 0.25) is 6.79 Å². The summed E-state index contributed by atoms with van der Waals surface area (Å²) in [5.41, 5.74) is 5.57. The molecule has 0 bridgehead atoms. The topological polar surface area (TPSA) is 68.3 Å². The lowest BCUT2D eigenvalue weighted by Gasteiger charge is -2.14. The molecule has 0 spiro atoms. The van der Waals surface area contributed by atoms with Gasteiger partial charge in [0.25, 0.3) is 0 Å². The third-order valence-corrected chi connectivity index (χ3v) is 4.24. The van der Waals surface area contributed by atoms with Crippen LogP contribution in [-0.4, -0.2) is 16.8 Å². The second-order valence-corrected chi connectivity index (χ2v) is 6.38. The number of benzene rings is 2. The first-order valence-corrected chi connectivity index (χ1v) is 8.42. The first kappa shape index (κ1) is 16.2. The molecule has 0 saturated carbocycles. The Hall–Kier alpha value is -3.28. The number of ether oxygens (including phenoxy) is 2. The van der Waals surface area contributed by atoms with Crippen molar-refractivity contribution in [2.75, 3.05) is 17.4 Å². The maximum absolute atomic E-state index is 5.41. The fraction of sp³-hybridized carbons (Fsp3) is 0.200. The van der Waals surface area contributed by atoms with E-state index in [1.807, 2.05) is 24.3 Å². The van der Waals surface area contributed by atoms with E-state index in [9.17, 15) is 0 Å². The predicted octanol–water partition coefficient (Wildman–Crippen LogP) is 4.62. The van der Waals surface area contributed by atoms with E-state index in [1.165, 1.54) is 23.0 Å². The van der Waals surface area contributed by atoms with E-state index in [0.29, 0.717) is 5.82 Å². The quantitative estimate of drug-likeness (QED) is 0.717. The molecule has 26 heavy (non-hydrogen) atoms. The number of anilines is 4. The van der Waals surface area contributed by atoms with Crippen LogP contribution in [0.4, 0.5) is 23.0 Å². The van der Waals surface area contributed by atoms with Crippen LogP contribution >= 0.6 is 0 Å². The molecule has 2 heterocycles. The molecule has 0 atom stereocenters. The highest BCUT2D eigenvalue weighted by Gasteiger charge is 2.13. The Morgan fingerprint density at radius 3 is 2.27 bits per heavy atom. The molecule has 0 aliphatic carbocycles. The van der Waals surface area contributed by atoms with E-state index in [4.69, 9.17) is 9.47 Å². The van der Waals surface area contributed by atoms with Crippen molar-refractivity contribution in [1.82, 2.24) is 9.97 Å². The zero-order valence-corrected chi connectivity index (χ0v) is 15.0. The smallest absolute Gasteiger partial charge is 0.231 e. The number of aryl methyl sites for hydroxylation is 3. The van der Waals surface area contributed by atoms with E-state index < -0.39 is 0 Å². The molecule has 3 aromatic rings. The van der Waals surface area contributed by atoms with Crippen molar-refractivity contribution in [3.63, 3.8) is 0 Å². The summed E-state index contributed by atoms with van der Waals surface area (Å²) in [6, 6.07) is 11.9. The van der Waals surface area contributed by atoms with Crippen molar-refractivity contribution in [2.24, 2.45) is 0 Å². The zero-order valence-electron chi connectivity index (χ0n) is 15.0. The van der Waals surface area contributed by atoms with Crippen molar-refractivity contribution in [3.05, 3.63) is 59.4 Å². The molecule has 1 aliphatic heterocycles. The van der Waals surface area contributed by atoms with Gasteiger partial charge in [-0.1, -0.05) is 17.7 Å². The van der Waals surface area contributed by atoms with Gasteiger partial charge in [-0.3, -0.25) is 0 Å². The van der Waals surface area contributed by atoms with E-state index in [-0.39, 0.29) is 6.79 Å². The van der Waals surface area contributed by atoms with Gasteiger partial charge in [-0.25, -0.2) is 9.97 Å². The Balaban J connectivity index is 1.56. The molecular formula is C20H20N4O2. The number of nitrogens with one attached hydrogen (secondary N) is 2. The lowest BCUT2D eigenvalue weighted by atomic mass is 10.1. The van der Waals surface area contributed by atoms with Gasteiger partial charge in [-0.2, -0.15) is 0 Å². The zero-order chi connectivity index (χ0) is 18.1. The first-order chi connectivity index (χ1) is 12.6. The van der Waals surface area contributed by atoms with Gasteiger partial charge in [-0.05, 0) is 44.0 Å². The molecule has 1 aliphatic rings. The highest BCUT2D eigenvalue weighted by Crippen LogP contribution is 2.35. The number of nitrogens with zero attached hydrogens (tertiary/aromatic N) is 2. The summed E-state index contributed by atoms with van der Waals surface area (Å²) in [5, 5.41) is 6.67. The van der Waals surface area contributed by atoms with Crippen molar-refractivity contribution >= 4 is 23.0 Å². The van der Waals surface area contributed by atoms with Gasteiger partial charge in [0.05, 0.1) is 0 Å². The average Bonchev–Trinajstić information content (AvgIpc) is 3.06. The van der Waals surface area contributed by atoms with E-state index in [2.05, 4.69) is 53.5 Å². The lowest BCUT2D eigenvalue weighted by Crippen LogP contribution is -2.01. The average molecular weight is 348 g/mol. The summed E-state index contributed by atoms with van der Waals surface area (Å²) in [4.78, 5) is 8.63. The molecular weight excluding hydrogens is 328 g/mol. The number of hydrogen-bond acceptors (Lipinski definition) is 6. The van der Waals surface area contributed by atoms with Crippen LogP contribution in [0.1, 0.15) is 16.7 Å². The minimum atomic E-state index is 0.260. The Bertz CT molecular complexity index is 949. The van der Waals surface area contributed by atoms with Crippen LogP contribution < -0.4 is 20.1 Å². The molecule has 1 aromatic heterocycles. The van der Waals surface area contributed by atoms with Crippen molar-refractivity contribution < 1.29 is 9.47 Å². The molecule has 0 unspecified atom stereocenters. The van der Waals surface area contributed by atoms with E-state index >= 15 is 0 Å². The van der Waals surface area contributed by atoms with Gasteiger partial charge in [0.15, 0.2) is 11.5 Å². The highest BCUT2D eigenvalue weighted by atomic mass is 16.7. The molecule has 4 rings (SSSR count). The van der Waals surface area contributed by atoms with Gasteiger partial charge >= 0.3 is 0 Å². The van der Waals surface area contributed by atoms with Crippen LogP contribution in [0.25, 0.3) is 0 Å². The maximum atomic E-state index is 5.41. The Labute approximate surface area is 152 Å². The molecule has 2 aromatic carbocycles. The van der Waals surface area contributed by atoms with E-state index in [0.717, 1.165) is 28.7 Å². The fourth-order valence-corrected chi connectivity index (χ4v) is 3.12. The van der Waals surface area contributed by atoms with Crippen LogP contribution in [0, 0.1) is 20.8 Å². The first-order valence-electron chi connectivity index (χ1n) is 8.42. The maximum Gasteiger partial charge on any atom is 0.231 e. The van der Waals surface area contributed by atoms with Crippen LogP contribution in [0.2, 0.25) is 0 Å². The lowest BCUT2D eigenvalue weighted by molar-refractivity contribution is 0.174. The van der Waals surface area contributed by atoms with Crippen molar-refractivity contribution in [1.29, 1.82) is 0 Å². The second-order valence-electron chi connectivity index (χ2n) is 6.38. The number of hydrogen-bond donors (Lipinski definition) is 2. The van der Waals surface area contributed by atoms with E-state index in [1.54, 1.807) is 0 Å². The van der Waals surface area contributed by atoms with Crippen molar-refractivity contribution in [3.8, 4) is 11.5 Å². The van der Waals surface area contributed by atoms with Gasteiger partial charge in [0.1, 0.15) is 18.0 Å². The molecule has 0 radical (unpaired) electrons. The summed E-state index contributed by atoms with van der Waals surface area (Å²) < 4.78 is 10.7. The molecule has 0 saturated heterocycles. The summed E-state index contributed by atoms with van der Waals surface area (Å²) >= 11 is 0. The largest absolute Gasteiger partial charge is 0.454 e. The van der Waals surface area contributed by atoms with Crippen LogP contribution in [0.5, 0.6) is 11.5 Å². The minimum absolute atomic E-state index is 0.260. The molecule has 132 valence electrons. The van der Waals surface area contributed by atoms with Gasteiger partial charge in [-0.15, -0.1) is 0 Å². The molecule has 6 nitrogen and oxygen atoms in total.